The van der Waals surface area contributed by atoms with Gasteiger partial charge in [0.05, 0.1) is 24.5 Å². The van der Waals surface area contributed by atoms with Crippen LogP contribution in [0.1, 0.15) is 24.9 Å². The molecule has 0 unspecified atom stereocenters. The number of Topliss-reactive ketones (excluding diaryl/α,β-unsaturated/α-hetero) is 1. The quantitative estimate of drug-likeness (QED) is 0.582. The largest absolute Gasteiger partial charge is 0.468 e. The number of hydrogen-bond donors (Lipinski definition) is 2. The van der Waals surface area contributed by atoms with Gasteiger partial charge in [0.25, 0.3) is 0 Å². The zero-order chi connectivity index (χ0) is 20.8. The summed E-state index contributed by atoms with van der Waals surface area (Å²) in [6, 6.07) is 13.0. The second kappa shape index (κ2) is 7.09. The fraction of sp³-hybridized carbons (Fsp3) is 0.304. The molecule has 0 spiro atoms. The van der Waals surface area contributed by atoms with Crippen molar-refractivity contribution in [1.29, 1.82) is 0 Å². The molecule has 0 radical (unpaired) electrons. The van der Waals surface area contributed by atoms with E-state index < -0.39 is 17.9 Å². The number of fused-ring (bicyclic) bond motifs is 2. The Kier molecular flexibility index (Phi) is 4.38. The molecule has 3 aliphatic rings. The number of ketones is 1. The average Bonchev–Trinajstić information content (AvgIpc) is 3.14. The van der Waals surface area contributed by atoms with E-state index in [9.17, 15) is 9.59 Å². The smallest absolute Gasteiger partial charge is 0.316 e. The number of carbonyl (C=O) groups excluding carboxylic acids is 2. The monoisotopic (exact) mass is 406 g/mol. The van der Waals surface area contributed by atoms with Crippen LogP contribution in [-0.2, 0) is 14.3 Å². The zero-order valence-electron chi connectivity index (χ0n) is 16.7. The van der Waals surface area contributed by atoms with Gasteiger partial charge >= 0.3 is 5.97 Å². The summed E-state index contributed by atoms with van der Waals surface area (Å²) in [5.74, 6) is -0.385. The van der Waals surface area contributed by atoms with E-state index in [1.807, 2.05) is 49.4 Å². The highest BCUT2D eigenvalue weighted by Crippen LogP contribution is 2.45. The number of para-hydroxylation sites is 2. The van der Waals surface area contributed by atoms with Crippen LogP contribution in [0.3, 0.4) is 0 Å². The van der Waals surface area contributed by atoms with E-state index in [0.29, 0.717) is 23.5 Å². The van der Waals surface area contributed by atoms with Crippen molar-refractivity contribution in [2.75, 3.05) is 24.5 Å². The van der Waals surface area contributed by atoms with E-state index in [4.69, 9.17) is 14.2 Å². The predicted molar refractivity (Wildman–Crippen MR) is 110 cm³/mol. The first-order valence-electron chi connectivity index (χ1n) is 9.94. The topological polar surface area (TPSA) is 85.9 Å². The summed E-state index contributed by atoms with van der Waals surface area (Å²) in [7, 11) is 1.32. The number of hydrogen-bond acceptors (Lipinski definition) is 7. The van der Waals surface area contributed by atoms with Crippen LogP contribution in [0, 0.1) is 11.8 Å². The number of benzene rings is 2. The van der Waals surface area contributed by atoms with Crippen LogP contribution in [-0.4, -0.2) is 25.7 Å². The molecular weight excluding hydrogens is 384 g/mol. The number of allylic oxidation sites excluding steroid dienone is 1. The lowest BCUT2D eigenvalue weighted by atomic mass is 9.75. The van der Waals surface area contributed by atoms with Crippen LogP contribution in [0.2, 0.25) is 0 Å². The van der Waals surface area contributed by atoms with Crippen LogP contribution in [0.5, 0.6) is 11.5 Å². The highest BCUT2D eigenvalue weighted by molar-refractivity contribution is 6.11. The number of methoxy groups -OCH3 is 1. The second-order valence-corrected chi connectivity index (χ2v) is 7.80. The van der Waals surface area contributed by atoms with Gasteiger partial charge in [-0.15, -0.1) is 0 Å². The summed E-state index contributed by atoms with van der Waals surface area (Å²) >= 11 is 0. The van der Waals surface area contributed by atoms with Crippen molar-refractivity contribution in [2.24, 2.45) is 11.8 Å². The lowest BCUT2D eigenvalue weighted by Crippen LogP contribution is -2.39. The summed E-state index contributed by atoms with van der Waals surface area (Å²) in [6.45, 7) is 2.08. The van der Waals surface area contributed by atoms with E-state index in [1.54, 1.807) is 0 Å². The van der Waals surface area contributed by atoms with Crippen LogP contribution in [0.15, 0.2) is 53.7 Å². The standard InChI is InChI=1S/C23H22N2O5/c1-12-9-16-20(22(26)19(12)23(27)28-2)21(25-15-6-4-3-5-14(15)24-16)13-7-8-17-18(10-13)30-11-29-17/h3-8,10,12,19,21,24-25H,9,11H2,1-2H3/t12-,19-,21-/m1/s1. The number of anilines is 2. The van der Waals surface area contributed by atoms with Crippen LogP contribution >= 0.6 is 0 Å². The van der Waals surface area contributed by atoms with Crippen molar-refractivity contribution in [3.63, 3.8) is 0 Å². The Labute approximate surface area is 174 Å². The van der Waals surface area contributed by atoms with Crippen molar-refractivity contribution in [1.82, 2.24) is 0 Å². The molecule has 0 saturated carbocycles. The summed E-state index contributed by atoms with van der Waals surface area (Å²) in [6.07, 6.45) is 0.567. The minimum Gasteiger partial charge on any atom is -0.468 e. The lowest BCUT2D eigenvalue weighted by Gasteiger charge is -2.32. The normalized spacial score (nSPS) is 24.2. The molecule has 0 amide bonds. The number of carbonyl (C=O) groups is 2. The van der Waals surface area contributed by atoms with E-state index in [1.165, 1.54) is 7.11 Å². The van der Waals surface area contributed by atoms with Crippen LogP contribution < -0.4 is 20.1 Å². The number of esters is 1. The highest BCUT2D eigenvalue weighted by atomic mass is 16.7. The predicted octanol–water partition coefficient (Wildman–Crippen LogP) is 3.65. The van der Waals surface area contributed by atoms with Crippen LogP contribution in [0.4, 0.5) is 11.4 Å². The summed E-state index contributed by atoms with van der Waals surface area (Å²) < 4.78 is 15.9. The van der Waals surface area contributed by atoms with Gasteiger partial charge in [-0.05, 0) is 42.2 Å². The van der Waals surface area contributed by atoms with Gasteiger partial charge in [-0.3, -0.25) is 9.59 Å². The summed E-state index contributed by atoms with van der Waals surface area (Å²) in [4.78, 5) is 26.0. The van der Waals surface area contributed by atoms with Crippen LogP contribution in [0.25, 0.3) is 0 Å². The Morgan fingerprint density at radius 2 is 1.87 bits per heavy atom. The molecule has 0 aromatic heterocycles. The van der Waals surface area contributed by atoms with Gasteiger partial charge in [0.2, 0.25) is 6.79 Å². The minimum absolute atomic E-state index is 0.168. The highest BCUT2D eigenvalue weighted by Gasteiger charge is 2.44. The number of rotatable bonds is 2. The third-order valence-corrected chi connectivity index (χ3v) is 5.95. The van der Waals surface area contributed by atoms with Crippen molar-refractivity contribution < 1.29 is 23.8 Å². The number of nitrogens with one attached hydrogen (secondary N) is 2. The Hall–Kier alpha value is -3.48. The van der Waals surface area contributed by atoms with Gasteiger partial charge in [-0.2, -0.15) is 0 Å². The summed E-state index contributed by atoms with van der Waals surface area (Å²) in [5.41, 5.74) is 4.01. The fourth-order valence-corrected chi connectivity index (χ4v) is 4.48. The van der Waals surface area contributed by atoms with Gasteiger partial charge in [0.1, 0.15) is 5.92 Å². The van der Waals surface area contributed by atoms with Gasteiger partial charge < -0.3 is 24.8 Å². The van der Waals surface area contributed by atoms with Gasteiger partial charge in [-0.1, -0.05) is 25.1 Å². The maximum Gasteiger partial charge on any atom is 0.316 e. The fourth-order valence-electron chi connectivity index (χ4n) is 4.48. The third kappa shape index (κ3) is 2.89. The molecule has 0 saturated heterocycles. The SMILES string of the molecule is COC(=O)[C@H]1C(=O)C2=C(C[C@H]1C)Nc1ccccc1N[C@@H]2c1ccc2c(c1)OCO2. The first kappa shape index (κ1) is 18.5. The maximum absolute atomic E-state index is 13.6. The minimum atomic E-state index is -0.824. The molecule has 30 heavy (non-hydrogen) atoms. The summed E-state index contributed by atoms with van der Waals surface area (Å²) in [5, 5.41) is 6.94. The molecule has 2 aromatic rings. The van der Waals surface area contributed by atoms with Gasteiger partial charge in [0, 0.05) is 11.3 Å². The molecule has 0 fully saturated rings. The molecule has 2 N–H and O–H groups in total. The van der Waals surface area contributed by atoms with Gasteiger partial charge in [0.15, 0.2) is 17.3 Å². The molecule has 1 aliphatic carbocycles. The van der Waals surface area contributed by atoms with Crippen molar-refractivity contribution in [3.05, 3.63) is 59.3 Å². The van der Waals surface area contributed by atoms with E-state index in [2.05, 4.69) is 10.6 Å². The molecule has 2 heterocycles. The molecule has 5 rings (SSSR count). The van der Waals surface area contributed by atoms with Gasteiger partial charge in [-0.25, -0.2) is 0 Å². The van der Waals surface area contributed by atoms with Crippen molar-refractivity contribution in [3.8, 4) is 11.5 Å². The second-order valence-electron chi connectivity index (χ2n) is 7.80. The number of ether oxygens (including phenoxy) is 3. The molecule has 2 aromatic carbocycles. The maximum atomic E-state index is 13.6. The molecule has 0 bridgehead atoms. The first-order valence-corrected chi connectivity index (χ1v) is 9.94. The van der Waals surface area contributed by atoms with E-state index in [-0.39, 0.29) is 18.5 Å². The van der Waals surface area contributed by atoms with Crippen molar-refractivity contribution >= 4 is 23.1 Å². The average molecular weight is 406 g/mol. The lowest BCUT2D eigenvalue weighted by molar-refractivity contribution is -0.151. The Bertz CT molecular complexity index is 1080. The van der Waals surface area contributed by atoms with E-state index in [0.717, 1.165) is 22.6 Å². The molecule has 154 valence electrons. The first-order chi connectivity index (χ1) is 14.6. The Morgan fingerprint density at radius 1 is 1.10 bits per heavy atom. The molecular formula is C23H22N2O5. The third-order valence-electron chi connectivity index (χ3n) is 5.95. The van der Waals surface area contributed by atoms with E-state index >= 15 is 0 Å². The molecule has 7 nitrogen and oxygen atoms in total. The molecule has 3 atom stereocenters. The van der Waals surface area contributed by atoms with Crippen molar-refractivity contribution in [2.45, 2.75) is 19.4 Å². The zero-order valence-corrected chi connectivity index (χ0v) is 16.7. The Balaban J connectivity index is 1.66. The Morgan fingerprint density at radius 3 is 2.67 bits per heavy atom. The molecule has 2 aliphatic heterocycles. The molecule has 7 heteroatoms.